The highest BCUT2D eigenvalue weighted by atomic mass is 35.5. The van der Waals surface area contributed by atoms with E-state index in [1.807, 2.05) is 0 Å². The first-order chi connectivity index (χ1) is 9.58. The van der Waals surface area contributed by atoms with Gasteiger partial charge in [-0.1, -0.05) is 29.8 Å². The Morgan fingerprint density at radius 3 is 2.45 bits per heavy atom. The van der Waals surface area contributed by atoms with Gasteiger partial charge in [-0.15, -0.1) is 0 Å². The summed E-state index contributed by atoms with van der Waals surface area (Å²) >= 11 is 6.10. The van der Waals surface area contributed by atoms with E-state index in [4.69, 9.17) is 21.1 Å². The molecule has 0 aliphatic rings. The SMILES string of the molecule is COc1ccc(-c2cccc(C(=O)O)c2OC)cc1Cl. The van der Waals surface area contributed by atoms with Crippen molar-refractivity contribution < 1.29 is 19.4 Å². The number of halogens is 1. The number of para-hydroxylation sites is 1. The molecule has 4 nitrogen and oxygen atoms in total. The maximum Gasteiger partial charge on any atom is 0.339 e. The lowest BCUT2D eigenvalue weighted by molar-refractivity contribution is 0.0693. The Balaban J connectivity index is 2.60. The summed E-state index contributed by atoms with van der Waals surface area (Å²) in [5.41, 5.74) is 1.53. The van der Waals surface area contributed by atoms with Gasteiger partial charge in [-0.2, -0.15) is 0 Å². The van der Waals surface area contributed by atoms with E-state index in [1.54, 1.807) is 30.3 Å². The van der Waals surface area contributed by atoms with Crippen molar-refractivity contribution in [2.24, 2.45) is 0 Å². The van der Waals surface area contributed by atoms with Crippen LogP contribution in [0.1, 0.15) is 10.4 Å². The van der Waals surface area contributed by atoms with Gasteiger partial charge in [0.15, 0.2) is 0 Å². The molecule has 104 valence electrons. The van der Waals surface area contributed by atoms with Crippen LogP contribution >= 0.6 is 11.6 Å². The Hall–Kier alpha value is -2.20. The molecular formula is C15H13ClO4. The molecule has 0 saturated carbocycles. The number of hydrogen-bond donors (Lipinski definition) is 1. The molecule has 0 radical (unpaired) electrons. The number of hydrogen-bond acceptors (Lipinski definition) is 3. The molecule has 0 atom stereocenters. The van der Waals surface area contributed by atoms with Gasteiger partial charge >= 0.3 is 5.97 Å². The van der Waals surface area contributed by atoms with E-state index in [2.05, 4.69) is 0 Å². The molecule has 0 fully saturated rings. The molecule has 0 aromatic heterocycles. The summed E-state index contributed by atoms with van der Waals surface area (Å²) in [4.78, 5) is 11.2. The standard InChI is InChI=1S/C15H13ClO4/c1-19-13-7-6-9(8-12(13)16)10-4-3-5-11(15(17)18)14(10)20-2/h3-8H,1-2H3,(H,17,18). The predicted molar refractivity (Wildman–Crippen MR) is 77.0 cm³/mol. The molecule has 5 heteroatoms. The molecule has 0 heterocycles. The molecule has 0 spiro atoms. The zero-order chi connectivity index (χ0) is 14.7. The van der Waals surface area contributed by atoms with Crippen molar-refractivity contribution in [3.05, 3.63) is 47.0 Å². The third-order valence-electron chi connectivity index (χ3n) is 2.91. The molecule has 0 unspecified atom stereocenters. The van der Waals surface area contributed by atoms with Crippen molar-refractivity contribution in [3.63, 3.8) is 0 Å². The minimum absolute atomic E-state index is 0.108. The van der Waals surface area contributed by atoms with E-state index in [9.17, 15) is 9.90 Å². The summed E-state index contributed by atoms with van der Waals surface area (Å²) in [5.74, 6) is -0.173. The molecule has 2 aromatic carbocycles. The van der Waals surface area contributed by atoms with Gasteiger partial charge < -0.3 is 14.6 Å². The first-order valence-corrected chi connectivity index (χ1v) is 6.20. The van der Waals surface area contributed by atoms with Crippen LogP contribution in [-0.4, -0.2) is 25.3 Å². The van der Waals surface area contributed by atoms with E-state index in [0.717, 1.165) is 5.56 Å². The second-order valence-electron chi connectivity index (χ2n) is 4.04. The number of carboxylic acid groups (broad SMARTS) is 1. The average Bonchev–Trinajstić information content (AvgIpc) is 2.46. The Morgan fingerprint density at radius 1 is 1.15 bits per heavy atom. The smallest absolute Gasteiger partial charge is 0.339 e. The minimum atomic E-state index is -1.04. The molecule has 0 saturated heterocycles. The van der Waals surface area contributed by atoms with Crippen molar-refractivity contribution in [1.29, 1.82) is 0 Å². The lowest BCUT2D eigenvalue weighted by Crippen LogP contribution is -2.01. The van der Waals surface area contributed by atoms with E-state index in [0.29, 0.717) is 22.1 Å². The molecule has 0 bridgehead atoms. The minimum Gasteiger partial charge on any atom is -0.495 e. The van der Waals surface area contributed by atoms with E-state index in [1.165, 1.54) is 20.3 Å². The maximum atomic E-state index is 11.2. The van der Waals surface area contributed by atoms with Crippen LogP contribution in [0, 0.1) is 0 Å². The number of carboxylic acids is 1. The molecule has 1 N–H and O–H groups in total. The number of ether oxygens (including phenoxy) is 2. The van der Waals surface area contributed by atoms with Crippen molar-refractivity contribution >= 4 is 17.6 Å². The monoisotopic (exact) mass is 292 g/mol. The van der Waals surface area contributed by atoms with Gasteiger partial charge in [-0.05, 0) is 23.8 Å². The van der Waals surface area contributed by atoms with Gasteiger partial charge in [-0.3, -0.25) is 0 Å². The molecule has 0 aliphatic carbocycles. The summed E-state index contributed by atoms with van der Waals surface area (Å²) in [6.45, 7) is 0. The third-order valence-corrected chi connectivity index (χ3v) is 3.21. The highest BCUT2D eigenvalue weighted by Crippen LogP contribution is 2.36. The van der Waals surface area contributed by atoms with Crippen LogP contribution in [0.2, 0.25) is 5.02 Å². The van der Waals surface area contributed by atoms with E-state index >= 15 is 0 Å². The first kappa shape index (κ1) is 14.2. The zero-order valence-electron chi connectivity index (χ0n) is 11.0. The van der Waals surface area contributed by atoms with Gasteiger partial charge in [0.2, 0.25) is 0 Å². The van der Waals surface area contributed by atoms with E-state index in [-0.39, 0.29) is 5.56 Å². The first-order valence-electron chi connectivity index (χ1n) is 5.82. The van der Waals surface area contributed by atoms with Crippen molar-refractivity contribution in [1.82, 2.24) is 0 Å². The van der Waals surface area contributed by atoms with Crippen LogP contribution in [0.3, 0.4) is 0 Å². The Bertz CT molecular complexity index is 652. The summed E-state index contributed by atoms with van der Waals surface area (Å²) in [6, 6.07) is 10.2. The number of carbonyl (C=O) groups is 1. The molecule has 0 amide bonds. The van der Waals surface area contributed by atoms with E-state index < -0.39 is 5.97 Å². The molecule has 0 aliphatic heterocycles. The van der Waals surface area contributed by atoms with Crippen molar-refractivity contribution in [2.45, 2.75) is 0 Å². The highest BCUT2D eigenvalue weighted by Gasteiger charge is 2.16. The number of rotatable bonds is 4. The fraction of sp³-hybridized carbons (Fsp3) is 0.133. The zero-order valence-corrected chi connectivity index (χ0v) is 11.8. The molecule has 2 rings (SSSR count). The second-order valence-corrected chi connectivity index (χ2v) is 4.45. The van der Waals surface area contributed by atoms with Crippen LogP contribution in [0.15, 0.2) is 36.4 Å². The molecule has 2 aromatic rings. The van der Waals surface area contributed by atoms with Crippen LogP contribution in [0.5, 0.6) is 11.5 Å². The quantitative estimate of drug-likeness (QED) is 0.933. The normalized spacial score (nSPS) is 10.2. The van der Waals surface area contributed by atoms with Crippen molar-refractivity contribution in [2.75, 3.05) is 14.2 Å². The number of methoxy groups -OCH3 is 2. The van der Waals surface area contributed by atoms with Gasteiger partial charge in [0.05, 0.1) is 19.2 Å². The summed E-state index contributed by atoms with van der Waals surface area (Å²) in [5, 5.41) is 9.63. The Labute approximate surface area is 121 Å². The summed E-state index contributed by atoms with van der Waals surface area (Å²) in [7, 11) is 2.98. The highest BCUT2D eigenvalue weighted by molar-refractivity contribution is 6.32. The fourth-order valence-electron chi connectivity index (χ4n) is 1.99. The lowest BCUT2D eigenvalue weighted by Gasteiger charge is -2.12. The Kier molecular flexibility index (Phi) is 4.15. The molecule has 20 heavy (non-hydrogen) atoms. The van der Waals surface area contributed by atoms with Gasteiger partial charge in [0.25, 0.3) is 0 Å². The molecular weight excluding hydrogens is 280 g/mol. The lowest BCUT2D eigenvalue weighted by atomic mass is 10.0. The largest absolute Gasteiger partial charge is 0.495 e. The predicted octanol–water partition coefficient (Wildman–Crippen LogP) is 3.72. The van der Waals surface area contributed by atoms with Gasteiger partial charge in [0.1, 0.15) is 17.1 Å². The number of benzene rings is 2. The third kappa shape index (κ3) is 2.56. The average molecular weight is 293 g/mol. The second kappa shape index (κ2) is 5.84. The van der Waals surface area contributed by atoms with Crippen LogP contribution in [0.25, 0.3) is 11.1 Å². The van der Waals surface area contributed by atoms with Crippen LogP contribution in [-0.2, 0) is 0 Å². The topological polar surface area (TPSA) is 55.8 Å². The maximum absolute atomic E-state index is 11.2. The fourth-order valence-corrected chi connectivity index (χ4v) is 2.24. The summed E-state index contributed by atoms with van der Waals surface area (Å²) in [6.07, 6.45) is 0. The van der Waals surface area contributed by atoms with Crippen LogP contribution in [0.4, 0.5) is 0 Å². The van der Waals surface area contributed by atoms with Gasteiger partial charge in [-0.25, -0.2) is 4.79 Å². The van der Waals surface area contributed by atoms with Gasteiger partial charge in [0, 0.05) is 5.56 Å². The van der Waals surface area contributed by atoms with Crippen LogP contribution < -0.4 is 9.47 Å². The Morgan fingerprint density at radius 2 is 1.90 bits per heavy atom. The summed E-state index contributed by atoms with van der Waals surface area (Å²) < 4.78 is 10.3. The van der Waals surface area contributed by atoms with Crippen molar-refractivity contribution in [3.8, 4) is 22.6 Å². The number of aromatic carboxylic acids is 1.